The number of nitrogens with one attached hydrogen (secondary N) is 1. The lowest BCUT2D eigenvalue weighted by Crippen LogP contribution is -2.52. The van der Waals surface area contributed by atoms with Crippen molar-refractivity contribution in [1.82, 2.24) is 10.2 Å². The zero-order chi connectivity index (χ0) is 14.8. The lowest BCUT2D eigenvalue weighted by molar-refractivity contribution is -0.142. The molecule has 2 N–H and O–H groups in total. The Kier molecular flexibility index (Phi) is 4.50. The molecule has 1 saturated carbocycles. The number of nitrogens with zero attached hydrogens (tertiary/aromatic N) is 1. The molecule has 5 nitrogen and oxygen atoms in total. The first kappa shape index (κ1) is 15.1. The summed E-state index contributed by atoms with van der Waals surface area (Å²) in [6, 6.07) is -0.196. The van der Waals surface area contributed by atoms with Gasteiger partial charge in [0.05, 0.1) is 12.5 Å². The Morgan fingerprint density at radius 3 is 2.50 bits per heavy atom. The molecule has 1 saturated heterocycles. The minimum absolute atomic E-state index is 0.0193. The maximum Gasteiger partial charge on any atom is 0.317 e. The molecule has 1 unspecified atom stereocenters. The number of piperidine rings is 1. The summed E-state index contributed by atoms with van der Waals surface area (Å²) in [6.45, 7) is 2.27. The van der Waals surface area contributed by atoms with E-state index < -0.39 is 11.6 Å². The zero-order valence-electron chi connectivity index (χ0n) is 11.9. The molecule has 2 aliphatic rings. The Hall–Kier alpha value is -1.33. The van der Waals surface area contributed by atoms with E-state index in [2.05, 4.69) is 5.32 Å². The first-order valence-electron chi connectivity index (χ1n) is 7.34. The van der Waals surface area contributed by atoms with Gasteiger partial charge in [0.2, 0.25) is 0 Å². The van der Waals surface area contributed by atoms with Crippen LogP contribution in [0.4, 0.5) is 9.18 Å². The molecule has 0 bridgehead atoms. The maximum atomic E-state index is 13.9. The van der Waals surface area contributed by atoms with Crippen LogP contribution in [0.2, 0.25) is 0 Å². The third-order valence-corrected chi connectivity index (χ3v) is 4.34. The van der Waals surface area contributed by atoms with Gasteiger partial charge in [0.25, 0.3) is 0 Å². The van der Waals surface area contributed by atoms with E-state index in [-0.39, 0.29) is 24.5 Å². The van der Waals surface area contributed by atoms with Crippen LogP contribution in [0.1, 0.15) is 45.4 Å². The Bertz CT molecular complexity index is 379. The van der Waals surface area contributed by atoms with Crippen molar-refractivity contribution >= 4 is 12.0 Å². The molecule has 20 heavy (non-hydrogen) atoms. The SMILES string of the molecule is CC1(F)CCCN(C(=O)NC2CCC(C(=O)O)CC2)C1. The lowest BCUT2D eigenvalue weighted by Gasteiger charge is -2.36. The van der Waals surface area contributed by atoms with Crippen molar-refractivity contribution in [2.75, 3.05) is 13.1 Å². The molecule has 1 aliphatic heterocycles. The number of rotatable bonds is 2. The molecule has 0 aromatic rings. The molecule has 1 atom stereocenters. The zero-order valence-corrected chi connectivity index (χ0v) is 11.9. The third kappa shape index (κ3) is 3.84. The number of aliphatic carboxylic acids is 1. The van der Waals surface area contributed by atoms with Gasteiger partial charge in [0.1, 0.15) is 5.67 Å². The monoisotopic (exact) mass is 286 g/mol. The minimum Gasteiger partial charge on any atom is -0.481 e. The Labute approximate surface area is 118 Å². The molecule has 2 fully saturated rings. The molecule has 0 radical (unpaired) electrons. The fourth-order valence-electron chi connectivity index (χ4n) is 3.12. The topological polar surface area (TPSA) is 69.6 Å². The van der Waals surface area contributed by atoms with Crippen LogP contribution in [0.3, 0.4) is 0 Å². The number of halogens is 1. The van der Waals surface area contributed by atoms with Crippen molar-refractivity contribution < 1.29 is 19.1 Å². The fourth-order valence-corrected chi connectivity index (χ4v) is 3.12. The Morgan fingerprint density at radius 1 is 1.30 bits per heavy atom. The van der Waals surface area contributed by atoms with Crippen LogP contribution < -0.4 is 5.32 Å². The van der Waals surface area contributed by atoms with Gasteiger partial charge in [-0.15, -0.1) is 0 Å². The van der Waals surface area contributed by atoms with Crippen LogP contribution >= 0.6 is 0 Å². The Morgan fingerprint density at radius 2 is 1.95 bits per heavy atom. The molecule has 0 aromatic heterocycles. The summed E-state index contributed by atoms with van der Waals surface area (Å²) in [5.74, 6) is -1.04. The van der Waals surface area contributed by atoms with E-state index in [1.165, 1.54) is 11.8 Å². The average molecular weight is 286 g/mol. The van der Waals surface area contributed by atoms with Crippen molar-refractivity contribution in [1.29, 1.82) is 0 Å². The molecular weight excluding hydrogens is 263 g/mol. The van der Waals surface area contributed by atoms with Gasteiger partial charge >= 0.3 is 12.0 Å². The van der Waals surface area contributed by atoms with E-state index in [0.717, 1.165) is 0 Å². The van der Waals surface area contributed by atoms with Gasteiger partial charge in [-0.2, -0.15) is 0 Å². The lowest BCUT2D eigenvalue weighted by atomic mass is 9.86. The summed E-state index contributed by atoms with van der Waals surface area (Å²) < 4.78 is 13.9. The van der Waals surface area contributed by atoms with Crippen LogP contribution in [0.5, 0.6) is 0 Å². The van der Waals surface area contributed by atoms with E-state index in [1.807, 2.05) is 0 Å². The fraction of sp³-hybridized carbons (Fsp3) is 0.857. The molecule has 2 amide bonds. The second-order valence-corrected chi connectivity index (χ2v) is 6.27. The number of hydrogen-bond acceptors (Lipinski definition) is 2. The molecular formula is C14H23FN2O3. The first-order chi connectivity index (χ1) is 9.37. The van der Waals surface area contributed by atoms with Gasteiger partial charge in [-0.1, -0.05) is 0 Å². The van der Waals surface area contributed by atoms with Crippen molar-refractivity contribution in [3.8, 4) is 0 Å². The summed E-state index contributed by atoms with van der Waals surface area (Å²) in [6.07, 6.45) is 3.75. The third-order valence-electron chi connectivity index (χ3n) is 4.34. The highest BCUT2D eigenvalue weighted by Crippen LogP contribution is 2.26. The van der Waals surface area contributed by atoms with Crippen molar-refractivity contribution in [2.24, 2.45) is 5.92 Å². The van der Waals surface area contributed by atoms with E-state index in [9.17, 15) is 14.0 Å². The summed E-state index contributed by atoms with van der Waals surface area (Å²) >= 11 is 0. The van der Waals surface area contributed by atoms with Crippen molar-refractivity contribution in [3.63, 3.8) is 0 Å². The van der Waals surface area contributed by atoms with Crippen molar-refractivity contribution in [3.05, 3.63) is 0 Å². The summed E-state index contributed by atoms with van der Waals surface area (Å²) in [5, 5.41) is 11.8. The van der Waals surface area contributed by atoms with E-state index >= 15 is 0 Å². The molecule has 1 aliphatic carbocycles. The number of carboxylic acids is 1. The average Bonchev–Trinajstić information content (AvgIpc) is 2.38. The number of carbonyl (C=O) groups is 2. The van der Waals surface area contributed by atoms with Crippen molar-refractivity contribution in [2.45, 2.75) is 57.2 Å². The number of urea groups is 1. The molecule has 0 spiro atoms. The predicted octanol–water partition coefficient (Wildman–Crippen LogP) is 2.16. The highest BCUT2D eigenvalue weighted by molar-refractivity contribution is 5.75. The number of carbonyl (C=O) groups excluding carboxylic acids is 1. The standard InChI is InChI=1S/C14H23FN2O3/c1-14(15)7-2-8-17(9-14)13(20)16-11-5-3-10(4-6-11)12(18)19/h10-11H,2-9H2,1H3,(H,16,20)(H,18,19). The predicted molar refractivity (Wildman–Crippen MR) is 72.2 cm³/mol. The molecule has 0 aromatic carbocycles. The number of likely N-dealkylation sites (tertiary alicyclic amines) is 1. The smallest absolute Gasteiger partial charge is 0.317 e. The highest BCUT2D eigenvalue weighted by atomic mass is 19.1. The number of alkyl halides is 1. The van der Waals surface area contributed by atoms with Gasteiger partial charge in [0, 0.05) is 12.6 Å². The van der Waals surface area contributed by atoms with E-state index in [0.29, 0.717) is 45.1 Å². The second kappa shape index (κ2) is 5.97. The number of hydrogen-bond donors (Lipinski definition) is 2. The van der Waals surface area contributed by atoms with E-state index in [4.69, 9.17) is 5.11 Å². The minimum atomic E-state index is -1.30. The molecule has 1 heterocycles. The molecule has 6 heteroatoms. The van der Waals surface area contributed by atoms with Gasteiger partial charge in [0.15, 0.2) is 0 Å². The summed E-state index contributed by atoms with van der Waals surface area (Å²) in [4.78, 5) is 24.5. The van der Waals surface area contributed by atoms with Crippen LogP contribution in [0.25, 0.3) is 0 Å². The van der Waals surface area contributed by atoms with Gasteiger partial charge in [-0.3, -0.25) is 4.79 Å². The Balaban J connectivity index is 1.79. The van der Waals surface area contributed by atoms with Crippen LogP contribution in [-0.2, 0) is 4.79 Å². The maximum absolute atomic E-state index is 13.9. The first-order valence-corrected chi connectivity index (χ1v) is 7.34. The molecule has 114 valence electrons. The van der Waals surface area contributed by atoms with Crippen LogP contribution in [0.15, 0.2) is 0 Å². The quantitative estimate of drug-likeness (QED) is 0.817. The van der Waals surface area contributed by atoms with Crippen LogP contribution in [0, 0.1) is 5.92 Å². The number of amides is 2. The normalized spacial score (nSPS) is 34.6. The van der Waals surface area contributed by atoms with Gasteiger partial charge in [-0.05, 0) is 45.4 Å². The number of carboxylic acid groups (broad SMARTS) is 1. The summed E-state index contributed by atoms with van der Waals surface area (Å²) in [5.41, 5.74) is -1.30. The van der Waals surface area contributed by atoms with Gasteiger partial charge < -0.3 is 15.3 Å². The summed E-state index contributed by atoms with van der Waals surface area (Å²) in [7, 11) is 0. The van der Waals surface area contributed by atoms with Gasteiger partial charge in [-0.25, -0.2) is 9.18 Å². The van der Waals surface area contributed by atoms with Crippen LogP contribution in [-0.4, -0.2) is 46.8 Å². The highest BCUT2D eigenvalue weighted by Gasteiger charge is 2.34. The van der Waals surface area contributed by atoms with E-state index in [1.54, 1.807) is 0 Å². The largest absolute Gasteiger partial charge is 0.481 e. The molecule has 2 rings (SSSR count). The second-order valence-electron chi connectivity index (χ2n) is 6.27.